The van der Waals surface area contributed by atoms with Gasteiger partial charge in [-0.05, 0) is 77.1 Å². The van der Waals surface area contributed by atoms with Gasteiger partial charge in [0.15, 0.2) is 5.65 Å². The molecule has 12 heteroatoms. The van der Waals surface area contributed by atoms with E-state index >= 15 is 0 Å². The standard InChI is InChI=1S/C44H64N6O4Si2/c1-31(2)39-40(34-25-35-18-19-36(26-34)49(35)43(51)54-44(3,4)5)47-41-37(33-17-20-38(45-27-33)32-15-13-12-14-16-32)28-46-50(41)42(39)48(29-52-21-23-55(6,7)8)30-53-22-24-56(9,10)11/h12-17,20,27-28,34-36H,1,18-19,21-26,29-30H2,2-11H3/t34-,35-,36+. The average Bonchev–Trinajstić information content (AvgIpc) is 3.66. The van der Waals surface area contributed by atoms with Crippen LogP contribution in [0.5, 0.6) is 0 Å². The summed E-state index contributed by atoms with van der Waals surface area (Å²) in [6, 6.07) is 16.7. The SMILES string of the molecule is C=C(C)c1c([C@@H]2C[C@H]3CC[C@@H](C2)N3C(=O)OC(C)(C)C)nc2c(-c3ccc(-c4ccccc4)nc3)cnn2c1N(COCC[Si](C)(C)C)COCC[Si](C)(C)C. The Morgan fingerprint density at radius 2 is 1.48 bits per heavy atom. The van der Waals surface area contributed by atoms with E-state index in [1.807, 2.05) is 60.8 Å². The minimum atomic E-state index is -1.31. The van der Waals surface area contributed by atoms with Gasteiger partial charge in [-0.3, -0.25) is 4.98 Å². The molecule has 3 atom stereocenters. The van der Waals surface area contributed by atoms with Crippen LogP contribution in [0.4, 0.5) is 10.6 Å². The normalized spacial score (nSPS) is 18.8. The lowest BCUT2D eigenvalue weighted by Crippen LogP contribution is -2.48. The minimum absolute atomic E-state index is 0.0815. The van der Waals surface area contributed by atoms with Gasteiger partial charge in [0.2, 0.25) is 0 Å². The number of allylic oxidation sites excluding steroid dienone is 1. The molecule has 1 amide bonds. The molecule has 56 heavy (non-hydrogen) atoms. The Bertz CT molecular complexity index is 1950. The van der Waals surface area contributed by atoms with Crippen molar-refractivity contribution in [2.24, 2.45) is 0 Å². The van der Waals surface area contributed by atoms with Crippen molar-refractivity contribution in [3.8, 4) is 22.4 Å². The second kappa shape index (κ2) is 16.9. The van der Waals surface area contributed by atoms with Crippen LogP contribution in [0.2, 0.25) is 51.4 Å². The Morgan fingerprint density at radius 1 is 0.875 bits per heavy atom. The number of carbonyl (C=O) groups excluding carboxylic acids is 1. The fourth-order valence-electron chi connectivity index (χ4n) is 7.81. The van der Waals surface area contributed by atoms with Gasteiger partial charge in [-0.25, -0.2) is 9.78 Å². The van der Waals surface area contributed by atoms with Gasteiger partial charge in [0.25, 0.3) is 0 Å². The summed E-state index contributed by atoms with van der Waals surface area (Å²) in [5.74, 6) is 0.978. The van der Waals surface area contributed by atoms with Gasteiger partial charge in [0, 0.05) is 75.8 Å². The van der Waals surface area contributed by atoms with Gasteiger partial charge >= 0.3 is 6.09 Å². The highest BCUT2D eigenvalue weighted by Gasteiger charge is 2.46. The van der Waals surface area contributed by atoms with Gasteiger partial charge in [0.1, 0.15) is 24.9 Å². The summed E-state index contributed by atoms with van der Waals surface area (Å²) in [5, 5.41) is 5.05. The second-order valence-corrected chi connectivity index (χ2v) is 30.5. The number of fused-ring (bicyclic) bond motifs is 3. The van der Waals surface area contributed by atoms with Crippen LogP contribution in [0.1, 0.15) is 70.6 Å². The third kappa shape index (κ3) is 10.2. The van der Waals surface area contributed by atoms with Crippen molar-refractivity contribution in [3.63, 3.8) is 0 Å². The average molecular weight is 797 g/mol. The molecule has 2 bridgehead atoms. The topological polar surface area (TPSA) is 94.3 Å². The lowest BCUT2D eigenvalue weighted by molar-refractivity contribution is 0.00568. The Labute approximate surface area is 336 Å². The van der Waals surface area contributed by atoms with Crippen LogP contribution in [0.15, 0.2) is 61.4 Å². The Hall–Kier alpha value is -3.85. The lowest BCUT2D eigenvalue weighted by Gasteiger charge is -2.40. The lowest BCUT2D eigenvalue weighted by atomic mass is 9.85. The zero-order chi connectivity index (χ0) is 40.4. The van der Waals surface area contributed by atoms with Gasteiger partial charge in [-0.15, -0.1) is 0 Å². The van der Waals surface area contributed by atoms with E-state index < -0.39 is 21.7 Å². The molecule has 2 aliphatic rings. The van der Waals surface area contributed by atoms with Gasteiger partial charge in [-0.1, -0.05) is 82.3 Å². The largest absolute Gasteiger partial charge is 0.444 e. The number of amides is 1. The maximum Gasteiger partial charge on any atom is 0.410 e. The van der Waals surface area contributed by atoms with Crippen molar-refractivity contribution in [1.29, 1.82) is 0 Å². The van der Waals surface area contributed by atoms with Crippen molar-refractivity contribution in [2.45, 2.75) is 128 Å². The first-order chi connectivity index (χ1) is 26.4. The van der Waals surface area contributed by atoms with E-state index in [9.17, 15) is 4.79 Å². The summed E-state index contributed by atoms with van der Waals surface area (Å²) in [5.41, 5.74) is 6.90. The summed E-state index contributed by atoms with van der Waals surface area (Å²) in [4.78, 5) is 28.1. The first kappa shape index (κ1) is 41.8. The molecule has 1 aromatic carbocycles. The van der Waals surface area contributed by atoms with E-state index in [4.69, 9.17) is 29.3 Å². The second-order valence-electron chi connectivity index (χ2n) is 19.2. The van der Waals surface area contributed by atoms with Crippen molar-refractivity contribution < 1.29 is 19.0 Å². The van der Waals surface area contributed by atoms with E-state index in [2.05, 4.69) is 82.0 Å². The zero-order valence-corrected chi connectivity index (χ0v) is 37.5. The molecule has 3 aromatic heterocycles. The van der Waals surface area contributed by atoms with Crippen LogP contribution in [-0.4, -0.2) is 91.1 Å². The number of carbonyl (C=O) groups is 1. The highest BCUT2D eigenvalue weighted by Crippen LogP contribution is 2.47. The molecule has 2 saturated heterocycles. The quantitative estimate of drug-likeness (QED) is 0.0667. The zero-order valence-electron chi connectivity index (χ0n) is 35.5. The van der Waals surface area contributed by atoms with Crippen LogP contribution in [0.25, 0.3) is 33.6 Å². The van der Waals surface area contributed by atoms with Gasteiger partial charge in [-0.2, -0.15) is 9.61 Å². The Morgan fingerprint density at radius 3 is 2.00 bits per heavy atom. The van der Waals surface area contributed by atoms with E-state index in [0.717, 1.165) is 88.5 Å². The maximum atomic E-state index is 13.5. The molecule has 0 aliphatic carbocycles. The third-order valence-electron chi connectivity index (χ3n) is 10.7. The molecule has 5 heterocycles. The molecule has 302 valence electrons. The molecule has 0 radical (unpaired) electrons. The number of nitrogens with zero attached hydrogens (tertiary/aromatic N) is 6. The number of rotatable bonds is 15. The summed E-state index contributed by atoms with van der Waals surface area (Å²) >= 11 is 0. The van der Waals surface area contributed by atoms with Crippen molar-refractivity contribution in [2.75, 3.05) is 31.6 Å². The molecule has 0 N–H and O–H groups in total. The Kier molecular flexibility index (Phi) is 12.6. The molecule has 0 unspecified atom stereocenters. The van der Waals surface area contributed by atoms with Crippen molar-refractivity contribution in [1.82, 2.24) is 24.5 Å². The summed E-state index contributed by atoms with van der Waals surface area (Å²) in [6.07, 6.45) is 7.12. The molecule has 2 fully saturated rings. The van der Waals surface area contributed by atoms with Crippen LogP contribution in [-0.2, 0) is 14.2 Å². The maximum absolute atomic E-state index is 13.5. The van der Waals surface area contributed by atoms with E-state index in [-0.39, 0.29) is 24.1 Å². The monoisotopic (exact) mass is 796 g/mol. The smallest absolute Gasteiger partial charge is 0.410 e. The minimum Gasteiger partial charge on any atom is -0.444 e. The molecule has 10 nitrogen and oxygen atoms in total. The van der Waals surface area contributed by atoms with Crippen LogP contribution in [0, 0.1) is 0 Å². The van der Waals surface area contributed by atoms with Crippen LogP contribution < -0.4 is 4.90 Å². The Balaban J connectivity index is 1.45. The third-order valence-corrected chi connectivity index (χ3v) is 14.1. The number of ether oxygens (including phenoxy) is 3. The molecule has 0 spiro atoms. The van der Waals surface area contributed by atoms with E-state index in [1.165, 1.54) is 0 Å². The number of aromatic nitrogens is 4. The molecule has 0 saturated carbocycles. The summed E-state index contributed by atoms with van der Waals surface area (Å²) in [7, 11) is -2.63. The number of pyridine rings is 1. The molecule has 6 rings (SSSR count). The van der Waals surface area contributed by atoms with Gasteiger partial charge < -0.3 is 24.0 Å². The van der Waals surface area contributed by atoms with E-state index in [1.54, 1.807) is 0 Å². The highest BCUT2D eigenvalue weighted by molar-refractivity contribution is 6.76. The number of anilines is 1. The van der Waals surface area contributed by atoms with Crippen molar-refractivity contribution >= 4 is 39.3 Å². The van der Waals surface area contributed by atoms with Crippen LogP contribution in [0.3, 0.4) is 0 Å². The van der Waals surface area contributed by atoms with Crippen LogP contribution >= 0.6 is 0 Å². The molecule has 2 aliphatic heterocycles. The number of benzene rings is 1. The summed E-state index contributed by atoms with van der Waals surface area (Å²) < 4.78 is 20.9. The molecule has 4 aromatic rings. The van der Waals surface area contributed by atoms with Crippen molar-refractivity contribution in [3.05, 3.63) is 72.7 Å². The number of piperidine rings is 1. The summed E-state index contributed by atoms with van der Waals surface area (Å²) in [6.45, 7) is 28.7. The molecular weight excluding hydrogens is 733 g/mol. The van der Waals surface area contributed by atoms with Gasteiger partial charge in [0.05, 0.1) is 17.6 Å². The first-order valence-corrected chi connectivity index (χ1v) is 27.8. The number of hydrogen-bond acceptors (Lipinski definition) is 8. The van der Waals surface area contributed by atoms with E-state index in [0.29, 0.717) is 26.7 Å². The predicted molar refractivity (Wildman–Crippen MR) is 234 cm³/mol. The fraction of sp³-hybridized carbons (Fsp3) is 0.545. The molecular formula is C44H64N6O4Si2. The predicted octanol–water partition coefficient (Wildman–Crippen LogP) is 10.6. The fourth-order valence-corrected chi connectivity index (χ4v) is 9.32. The highest BCUT2D eigenvalue weighted by atomic mass is 28.3. The first-order valence-electron chi connectivity index (χ1n) is 20.4. The number of hydrogen-bond donors (Lipinski definition) is 0.